The van der Waals surface area contributed by atoms with Crippen molar-refractivity contribution in [2.45, 2.75) is 38.1 Å². The van der Waals surface area contributed by atoms with Crippen molar-refractivity contribution in [2.75, 3.05) is 4.31 Å². The van der Waals surface area contributed by atoms with Crippen molar-refractivity contribution in [3.8, 4) is 11.1 Å². The third kappa shape index (κ3) is 3.17. The minimum absolute atomic E-state index is 0.234. The fourth-order valence-corrected chi connectivity index (χ4v) is 6.62. The van der Waals surface area contributed by atoms with E-state index in [1.165, 1.54) is 4.31 Å². The Morgan fingerprint density at radius 1 is 0.933 bits per heavy atom. The summed E-state index contributed by atoms with van der Waals surface area (Å²) in [5.41, 5.74) is 5.13. The number of carboxylic acid groups (broad SMARTS) is 1. The minimum atomic E-state index is -4.02. The quantitative estimate of drug-likeness (QED) is 0.643. The van der Waals surface area contributed by atoms with Gasteiger partial charge in [0.05, 0.1) is 23.0 Å². The van der Waals surface area contributed by atoms with Gasteiger partial charge in [0, 0.05) is 5.56 Å². The summed E-state index contributed by atoms with van der Waals surface area (Å²) in [6.07, 6.45) is -0.325. The highest BCUT2D eigenvalue weighted by molar-refractivity contribution is 7.93. The Hall–Kier alpha value is -3.12. The number of carboxylic acids is 1. The molecule has 0 aromatic heterocycles. The predicted molar refractivity (Wildman–Crippen MR) is 117 cm³/mol. The van der Waals surface area contributed by atoms with Crippen molar-refractivity contribution in [2.24, 2.45) is 0 Å². The van der Waals surface area contributed by atoms with Gasteiger partial charge in [-0.05, 0) is 49.1 Å². The average molecular weight is 422 g/mol. The van der Waals surface area contributed by atoms with Crippen LogP contribution in [0.2, 0.25) is 0 Å². The molecular weight excluding hydrogens is 398 g/mol. The molecule has 1 unspecified atom stereocenters. The standard InChI is InChI=1S/C24H23NO4S/c1-15-12-16(2)24(17(3)13-15)30(28,29)25-21-11-7-6-9-19(21)18-8-4-5-10-20(18)22(25)14-23(26)27/h4-13,22H,14H2,1-3H3,(H,26,27). The number of benzene rings is 3. The Balaban J connectivity index is 2.03. The molecule has 154 valence electrons. The molecule has 0 fully saturated rings. The van der Waals surface area contributed by atoms with Crippen molar-refractivity contribution in [3.05, 3.63) is 82.9 Å². The van der Waals surface area contributed by atoms with Crippen molar-refractivity contribution in [1.29, 1.82) is 0 Å². The highest BCUT2D eigenvalue weighted by Gasteiger charge is 2.40. The number of sulfonamides is 1. The van der Waals surface area contributed by atoms with Crippen LogP contribution in [0.1, 0.15) is 34.7 Å². The molecule has 0 saturated carbocycles. The van der Waals surface area contributed by atoms with E-state index in [0.29, 0.717) is 22.4 Å². The van der Waals surface area contributed by atoms with Crippen LogP contribution in [0.25, 0.3) is 11.1 Å². The van der Waals surface area contributed by atoms with E-state index in [9.17, 15) is 18.3 Å². The number of anilines is 1. The monoisotopic (exact) mass is 421 g/mol. The molecule has 0 saturated heterocycles. The fourth-order valence-electron chi connectivity index (χ4n) is 4.55. The molecule has 0 amide bonds. The molecule has 0 aliphatic carbocycles. The number of aliphatic carboxylic acids is 1. The third-order valence-electron chi connectivity index (χ3n) is 5.52. The van der Waals surface area contributed by atoms with E-state index in [4.69, 9.17) is 0 Å². The van der Waals surface area contributed by atoms with Crippen LogP contribution < -0.4 is 4.31 Å². The normalized spacial score (nSPS) is 15.4. The second kappa shape index (κ2) is 7.29. The van der Waals surface area contributed by atoms with E-state index in [0.717, 1.165) is 16.7 Å². The molecule has 1 N–H and O–H groups in total. The maximum atomic E-state index is 14.0. The summed E-state index contributed by atoms with van der Waals surface area (Å²) in [6, 6.07) is 17.5. The maximum absolute atomic E-state index is 14.0. The number of hydrogen-bond donors (Lipinski definition) is 1. The zero-order valence-electron chi connectivity index (χ0n) is 17.1. The lowest BCUT2D eigenvalue weighted by Gasteiger charge is -2.39. The van der Waals surface area contributed by atoms with E-state index in [-0.39, 0.29) is 11.3 Å². The number of aryl methyl sites for hydroxylation is 3. The second-order valence-electron chi connectivity index (χ2n) is 7.75. The largest absolute Gasteiger partial charge is 0.481 e. The summed E-state index contributed by atoms with van der Waals surface area (Å²) in [7, 11) is -4.02. The van der Waals surface area contributed by atoms with Gasteiger partial charge in [-0.3, -0.25) is 9.10 Å². The summed E-state index contributed by atoms with van der Waals surface area (Å²) in [5.74, 6) is -1.05. The van der Waals surface area contributed by atoms with E-state index < -0.39 is 22.0 Å². The molecule has 30 heavy (non-hydrogen) atoms. The lowest BCUT2D eigenvalue weighted by atomic mass is 9.88. The van der Waals surface area contributed by atoms with Gasteiger partial charge in [0.2, 0.25) is 0 Å². The molecule has 1 aliphatic rings. The van der Waals surface area contributed by atoms with Gasteiger partial charge in [0.1, 0.15) is 0 Å². The van der Waals surface area contributed by atoms with Gasteiger partial charge in [0.25, 0.3) is 10.0 Å². The maximum Gasteiger partial charge on any atom is 0.305 e. The number of hydrogen-bond acceptors (Lipinski definition) is 3. The lowest BCUT2D eigenvalue weighted by molar-refractivity contribution is -0.137. The number of nitrogens with zero attached hydrogens (tertiary/aromatic N) is 1. The minimum Gasteiger partial charge on any atom is -0.481 e. The third-order valence-corrected chi connectivity index (χ3v) is 7.65. The topological polar surface area (TPSA) is 74.7 Å². The van der Waals surface area contributed by atoms with E-state index in [1.807, 2.05) is 55.5 Å². The van der Waals surface area contributed by atoms with Crippen LogP contribution in [0.15, 0.2) is 65.6 Å². The summed E-state index contributed by atoms with van der Waals surface area (Å²) in [5, 5.41) is 9.62. The molecule has 0 radical (unpaired) electrons. The van der Waals surface area contributed by atoms with Crippen LogP contribution >= 0.6 is 0 Å². The second-order valence-corrected chi connectivity index (χ2v) is 9.50. The molecule has 6 heteroatoms. The van der Waals surface area contributed by atoms with Gasteiger partial charge >= 0.3 is 5.97 Å². The predicted octanol–water partition coefficient (Wildman–Crippen LogP) is 5.00. The molecule has 5 nitrogen and oxygen atoms in total. The zero-order valence-corrected chi connectivity index (χ0v) is 17.9. The Bertz CT molecular complexity index is 1240. The Morgan fingerprint density at radius 3 is 2.13 bits per heavy atom. The molecule has 3 aromatic rings. The smallest absolute Gasteiger partial charge is 0.305 e. The summed E-state index contributed by atoms with van der Waals surface area (Å²) >= 11 is 0. The molecule has 1 aliphatic heterocycles. The molecule has 3 aromatic carbocycles. The van der Waals surface area contributed by atoms with Crippen molar-refractivity contribution >= 4 is 21.7 Å². The van der Waals surface area contributed by atoms with Crippen LogP contribution in [0.4, 0.5) is 5.69 Å². The van der Waals surface area contributed by atoms with Crippen LogP contribution in [-0.4, -0.2) is 19.5 Å². The van der Waals surface area contributed by atoms with E-state index in [2.05, 4.69) is 0 Å². The highest BCUT2D eigenvalue weighted by atomic mass is 32.2. The number of fused-ring (bicyclic) bond motifs is 3. The molecule has 1 atom stereocenters. The Labute approximate surface area is 176 Å². The lowest BCUT2D eigenvalue weighted by Crippen LogP contribution is -2.39. The van der Waals surface area contributed by atoms with E-state index >= 15 is 0 Å². The van der Waals surface area contributed by atoms with E-state index in [1.54, 1.807) is 26.0 Å². The molecule has 0 bridgehead atoms. The molecular formula is C24H23NO4S. The summed E-state index contributed by atoms with van der Waals surface area (Å²) in [6.45, 7) is 5.49. The number of rotatable bonds is 4. The first kappa shape index (κ1) is 20.2. The SMILES string of the molecule is Cc1cc(C)c(S(=O)(=O)N2c3ccccc3-c3ccccc3C2CC(=O)O)c(C)c1. The van der Waals surface area contributed by atoms with Crippen molar-refractivity contribution < 1.29 is 18.3 Å². The molecule has 0 spiro atoms. The van der Waals surface area contributed by atoms with Crippen LogP contribution in [0, 0.1) is 20.8 Å². The first-order chi connectivity index (χ1) is 14.2. The van der Waals surface area contributed by atoms with Gasteiger partial charge in [0.15, 0.2) is 0 Å². The van der Waals surface area contributed by atoms with Gasteiger partial charge in [-0.2, -0.15) is 0 Å². The number of para-hydroxylation sites is 1. The average Bonchev–Trinajstić information content (AvgIpc) is 2.66. The molecule has 4 rings (SSSR count). The van der Waals surface area contributed by atoms with Gasteiger partial charge < -0.3 is 5.11 Å². The van der Waals surface area contributed by atoms with Crippen molar-refractivity contribution in [3.63, 3.8) is 0 Å². The first-order valence-electron chi connectivity index (χ1n) is 9.74. The van der Waals surface area contributed by atoms with Gasteiger partial charge in [-0.1, -0.05) is 60.2 Å². The van der Waals surface area contributed by atoms with Crippen LogP contribution in [0.5, 0.6) is 0 Å². The fraction of sp³-hybridized carbons (Fsp3) is 0.208. The zero-order chi connectivity index (χ0) is 21.6. The van der Waals surface area contributed by atoms with Gasteiger partial charge in [-0.15, -0.1) is 0 Å². The Morgan fingerprint density at radius 2 is 1.50 bits per heavy atom. The highest BCUT2D eigenvalue weighted by Crippen LogP contribution is 2.48. The summed E-state index contributed by atoms with van der Waals surface area (Å²) < 4.78 is 29.4. The molecule has 1 heterocycles. The number of carbonyl (C=O) groups is 1. The first-order valence-corrected chi connectivity index (χ1v) is 11.2. The van der Waals surface area contributed by atoms with Crippen LogP contribution in [0.3, 0.4) is 0 Å². The summed E-state index contributed by atoms with van der Waals surface area (Å²) in [4.78, 5) is 12.0. The van der Waals surface area contributed by atoms with Crippen LogP contribution in [-0.2, 0) is 14.8 Å². The van der Waals surface area contributed by atoms with Gasteiger partial charge in [-0.25, -0.2) is 8.42 Å². The Kier molecular flexibility index (Phi) is 4.90. The van der Waals surface area contributed by atoms with Crippen molar-refractivity contribution in [1.82, 2.24) is 0 Å².